The smallest absolute Gasteiger partial charge is 0.214 e. The van der Waals surface area contributed by atoms with Gasteiger partial charge in [0.25, 0.3) is 0 Å². The normalized spacial score (nSPS) is 10.9. The summed E-state index contributed by atoms with van der Waals surface area (Å²) in [6.07, 6.45) is 2.35. The number of halogens is 1. The minimum atomic E-state index is 0. The first-order chi connectivity index (χ1) is 12.8. The first kappa shape index (κ1) is 18.9. The Bertz CT molecular complexity index is 1040. The van der Waals surface area contributed by atoms with Crippen LogP contribution in [0.3, 0.4) is 0 Å². The van der Waals surface area contributed by atoms with Crippen LogP contribution in [0.5, 0.6) is 5.88 Å². The molecule has 0 fully saturated rings. The highest BCUT2D eigenvalue weighted by Crippen LogP contribution is 2.33. The molecule has 0 spiro atoms. The average molecular weight is 364 g/mol. The van der Waals surface area contributed by atoms with Crippen molar-refractivity contribution in [2.45, 2.75) is 39.8 Å². The molecule has 4 aromatic rings. The van der Waals surface area contributed by atoms with E-state index in [1.165, 1.54) is 34.6 Å². The van der Waals surface area contributed by atoms with Gasteiger partial charge in [0.1, 0.15) is 6.61 Å². The SMILES string of the molecule is CCCCn1c2ccccc2c2cc(OCc3ccccc3)nc(C)c21.F. The highest BCUT2D eigenvalue weighted by Gasteiger charge is 2.14. The van der Waals surface area contributed by atoms with E-state index >= 15 is 0 Å². The zero-order chi connectivity index (χ0) is 17.9. The number of nitrogens with zero attached hydrogens (tertiary/aromatic N) is 2. The van der Waals surface area contributed by atoms with Crippen molar-refractivity contribution >= 4 is 21.8 Å². The fourth-order valence-electron chi connectivity index (χ4n) is 3.59. The number of ether oxygens (including phenoxy) is 1. The number of pyridine rings is 1. The number of benzene rings is 2. The Morgan fingerprint density at radius 3 is 2.48 bits per heavy atom. The summed E-state index contributed by atoms with van der Waals surface area (Å²) < 4.78 is 8.41. The van der Waals surface area contributed by atoms with Crippen LogP contribution >= 0.6 is 0 Å². The summed E-state index contributed by atoms with van der Waals surface area (Å²) in [5.74, 6) is 0.692. The van der Waals surface area contributed by atoms with Crippen molar-refractivity contribution in [2.24, 2.45) is 0 Å². The summed E-state index contributed by atoms with van der Waals surface area (Å²) in [6.45, 7) is 5.87. The van der Waals surface area contributed by atoms with Crippen LogP contribution in [-0.4, -0.2) is 9.55 Å². The second kappa shape index (κ2) is 8.21. The maximum Gasteiger partial charge on any atom is 0.214 e. The fourth-order valence-corrected chi connectivity index (χ4v) is 3.59. The third kappa shape index (κ3) is 3.65. The monoisotopic (exact) mass is 364 g/mol. The Hall–Kier alpha value is -2.88. The number of aromatic nitrogens is 2. The van der Waals surface area contributed by atoms with Crippen LogP contribution < -0.4 is 4.74 Å². The standard InChI is InChI=1S/C23H24N2O.FH/c1-3-4-14-25-21-13-9-8-12-19(21)20-15-22(24-17(2)23(20)25)26-16-18-10-6-5-7-11-18;/h5-13,15H,3-4,14,16H2,1-2H3;1H. The van der Waals surface area contributed by atoms with Crippen molar-refractivity contribution in [3.05, 3.63) is 71.9 Å². The first-order valence-corrected chi connectivity index (χ1v) is 9.33. The van der Waals surface area contributed by atoms with Gasteiger partial charge in [-0.1, -0.05) is 61.9 Å². The van der Waals surface area contributed by atoms with E-state index in [4.69, 9.17) is 9.72 Å². The Morgan fingerprint density at radius 2 is 1.70 bits per heavy atom. The highest BCUT2D eigenvalue weighted by molar-refractivity contribution is 6.09. The van der Waals surface area contributed by atoms with Crippen LogP contribution in [0.25, 0.3) is 21.8 Å². The van der Waals surface area contributed by atoms with E-state index in [0.717, 1.165) is 17.8 Å². The second-order valence-corrected chi connectivity index (χ2v) is 6.74. The van der Waals surface area contributed by atoms with Crippen molar-refractivity contribution in [2.75, 3.05) is 0 Å². The molecule has 4 heteroatoms. The zero-order valence-corrected chi connectivity index (χ0v) is 15.8. The van der Waals surface area contributed by atoms with Gasteiger partial charge in [-0.25, -0.2) is 4.98 Å². The van der Waals surface area contributed by atoms with Gasteiger partial charge in [-0.15, -0.1) is 0 Å². The minimum Gasteiger partial charge on any atom is -0.473 e. The second-order valence-electron chi connectivity index (χ2n) is 6.74. The first-order valence-electron chi connectivity index (χ1n) is 9.33. The number of rotatable bonds is 6. The van der Waals surface area contributed by atoms with Gasteiger partial charge in [0.2, 0.25) is 5.88 Å². The van der Waals surface area contributed by atoms with Gasteiger partial charge < -0.3 is 9.30 Å². The molecular weight excluding hydrogens is 339 g/mol. The maximum absolute atomic E-state index is 6.00. The Kier molecular flexibility index (Phi) is 5.75. The third-order valence-electron chi connectivity index (χ3n) is 4.86. The molecule has 140 valence electrons. The minimum absolute atomic E-state index is 0. The van der Waals surface area contributed by atoms with Gasteiger partial charge in [-0.3, -0.25) is 4.70 Å². The molecule has 0 atom stereocenters. The largest absolute Gasteiger partial charge is 0.473 e. The highest BCUT2D eigenvalue weighted by atomic mass is 19.0. The molecule has 2 aromatic heterocycles. The number of hydrogen-bond donors (Lipinski definition) is 0. The van der Waals surface area contributed by atoms with Gasteiger partial charge >= 0.3 is 0 Å². The zero-order valence-electron chi connectivity index (χ0n) is 15.8. The van der Waals surface area contributed by atoms with Crippen LogP contribution in [0.2, 0.25) is 0 Å². The van der Waals surface area contributed by atoms with Gasteiger partial charge in [0.15, 0.2) is 0 Å². The number of fused-ring (bicyclic) bond motifs is 3. The molecule has 27 heavy (non-hydrogen) atoms. The van der Waals surface area contributed by atoms with Crippen LogP contribution in [-0.2, 0) is 13.2 Å². The summed E-state index contributed by atoms with van der Waals surface area (Å²) in [5, 5.41) is 2.50. The molecule has 0 N–H and O–H groups in total. The fraction of sp³-hybridized carbons (Fsp3) is 0.261. The molecule has 0 amide bonds. The maximum atomic E-state index is 6.00. The molecule has 0 saturated heterocycles. The molecule has 0 aliphatic rings. The molecule has 2 aromatic carbocycles. The lowest BCUT2D eigenvalue weighted by atomic mass is 10.1. The number of para-hydroxylation sites is 1. The van der Waals surface area contributed by atoms with Crippen LogP contribution in [0.15, 0.2) is 60.7 Å². The van der Waals surface area contributed by atoms with Gasteiger partial charge in [0, 0.05) is 28.9 Å². The van der Waals surface area contributed by atoms with E-state index in [1.54, 1.807) is 0 Å². The Balaban J connectivity index is 0.00000210. The predicted molar refractivity (Wildman–Crippen MR) is 110 cm³/mol. The lowest BCUT2D eigenvalue weighted by Crippen LogP contribution is -2.01. The quantitative estimate of drug-likeness (QED) is 0.418. The summed E-state index contributed by atoms with van der Waals surface area (Å²) in [7, 11) is 0. The topological polar surface area (TPSA) is 27.1 Å². The number of unbranched alkanes of at least 4 members (excludes halogenated alkanes) is 1. The molecular formula is C23H25FN2O. The van der Waals surface area contributed by atoms with Gasteiger partial charge in [0.05, 0.1) is 11.2 Å². The van der Waals surface area contributed by atoms with Crippen molar-refractivity contribution in [3.63, 3.8) is 0 Å². The Labute approximate surface area is 159 Å². The molecule has 0 aliphatic carbocycles. The lowest BCUT2D eigenvalue weighted by molar-refractivity contribution is 0.294. The molecule has 0 bridgehead atoms. The number of aryl methyl sites for hydroxylation is 2. The molecule has 2 heterocycles. The van der Waals surface area contributed by atoms with Crippen LogP contribution in [0.4, 0.5) is 4.70 Å². The van der Waals surface area contributed by atoms with Crippen molar-refractivity contribution in [1.29, 1.82) is 0 Å². The average Bonchev–Trinajstić information content (AvgIpc) is 3.00. The third-order valence-corrected chi connectivity index (χ3v) is 4.86. The van der Waals surface area contributed by atoms with Crippen molar-refractivity contribution < 1.29 is 9.44 Å². The molecule has 4 rings (SSSR count). The van der Waals surface area contributed by atoms with Gasteiger partial charge in [-0.2, -0.15) is 0 Å². The van der Waals surface area contributed by atoms with E-state index in [1.807, 2.05) is 18.2 Å². The predicted octanol–water partition coefficient (Wildman–Crippen LogP) is 6.03. The van der Waals surface area contributed by atoms with E-state index in [2.05, 4.69) is 60.9 Å². The molecule has 0 saturated carbocycles. The summed E-state index contributed by atoms with van der Waals surface area (Å²) in [6, 6.07) is 20.9. The Morgan fingerprint density at radius 1 is 0.963 bits per heavy atom. The molecule has 3 nitrogen and oxygen atoms in total. The summed E-state index contributed by atoms with van der Waals surface area (Å²) >= 11 is 0. The van der Waals surface area contributed by atoms with E-state index < -0.39 is 0 Å². The van der Waals surface area contributed by atoms with E-state index in [-0.39, 0.29) is 4.70 Å². The van der Waals surface area contributed by atoms with E-state index in [0.29, 0.717) is 12.5 Å². The van der Waals surface area contributed by atoms with Crippen LogP contribution in [0, 0.1) is 6.92 Å². The molecule has 0 radical (unpaired) electrons. The van der Waals surface area contributed by atoms with Crippen molar-refractivity contribution in [1.82, 2.24) is 9.55 Å². The van der Waals surface area contributed by atoms with Gasteiger partial charge in [-0.05, 0) is 25.0 Å². The van der Waals surface area contributed by atoms with Crippen molar-refractivity contribution in [3.8, 4) is 5.88 Å². The summed E-state index contributed by atoms with van der Waals surface area (Å²) in [4.78, 5) is 4.74. The molecule has 0 aliphatic heterocycles. The molecule has 0 unspecified atom stereocenters. The number of hydrogen-bond acceptors (Lipinski definition) is 2. The summed E-state index contributed by atoms with van der Waals surface area (Å²) in [5.41, 5.74) is 4.68. The van der Waals surface area contributed by atoms with E-state index in [9.17, 15) is 0 Å². The lowest BCUT2D eigenvalue weighted by Gasteiger charge is -2.10. The van der Waals surface area contributed by atoms with Crippen LogP contribution in [0.1, 0.15) is 31.0 Å².